The monoisotopic (exact) mass is 287 g/mol. The molecule has 6 nitrogen and oxygen atoms in total. The second-order valence-electron chi connectivity index (χ2n) is 5.44. The Morgan fingerprint density at radius 2 is 2.24 bits per heavy atom. The second-order valence-corrected chi connectivity index (χ2v) is 5.44. The number of carboxylic acid groups (broad SMARTS) is 1. The van der Waals surface area contributed by atoms with Crippen molar-refractivity contribution < 1.29 is 14.7 Å². The van der Waals surface area contributed by atoms with Gasteiger partial charge in [-0.15, -0.1) is 0 Å². The van der Waals surface area contributed by atoms with Gasteiger partial charge in [-0.1, -0.05) is 6.07 Å². The molecule has 1 aliphatic heterocycles. The van der Waals surface area contributed by atoms with Gasteiger partial charge < -0.3 is 14.4 Å². The summed E-state index contributed by atoms with van der Waals surface area (Å²) in [5.74, 6) is -1.35. The fraction of sp³-hybridized carbons (Fsp3) is 0.400. The first-order valence-corrected chi connectivity index (χ1v) is 7.01. The summed E-state index contributed by atoms with van der Waals surface area (Å²) in [7, 11) is 0. The van der Waals surface area contributed by atoms with Crippen LogP contribution in [0.4, 0.5) is 0 Å². The van der Waals surface area contributed by atoms with Crippen molar-refractivity contribution in [2.45, 2.75) is 25.8 Å². The zero-order chi connectivity index (χ0) is 15.0. The van der Waals surface area contributed by atoms with Crippen molar-refractivity contribution in [1.29, 1.82) is 0 Å². The highest BCUT2D eigenvalue weighted by molar-refractivity contribution is 5.81. The van der Waals surface area contributed by atoms with Crippen molar-refractivity contribution in [1.82, 2.24) is 14.3 Å². The molecule has 1 fully saturated rings. The van der Waals surface area contributed by atoms with Gasteiger partial charge in [-0.2, -0.15) is 0 Å². The third-order valence-corrected chi connectivity index (χ3v) is 4.14. The average molecular weight is 287 g/mol. The fourth-order valence-corrected chi connectivity index (χ4v) is 2.95. The molecule has 0 spiro atoms. The van der Waals surface area contributed by atoms with Crippen molar-refractivity contribution in [3.63, 3.8) is 0 Å². The van der Waals surface area contributed by atoms with E-state index < -0.39 is 11.9 Å². The molecule has 1 amide bonds. The Kier molecular flexibility index (Phi) is 3.37. The van der Waals surface area contributed by atoms with Gasteiger partial charge in [0.2, 0.25) is 5.91 Å². The lowest BCUT2D eigenvalue weighted by Gasteiger charge is -2.22. The van der Waals surface area contributed by atoms with E-state index in [1.165, 1.54) is 0 Å². The number of carboxylic acids is 1. The number of pyridine rings is 1. The summed E-state index contributed by atoms with van der Waals surface area (Å²) >= 11 is 0. The quantitative estimate of drug-likeness (QED) is 0.920. The van der Waals surface area contributed by atoms with Gasteiger partial charge in [0, 0.05) is 25.0 Å². The fourth-order valence-electron chi connectivity index (χ4n) is 2.95. The molecule has 6 heteroatoms. The van der Waals surface area contributed by atoms with Crippen molar-refractivity contribution in [2.75, 3.05) is 6.54 Å². The highest BCUT2D eigenvalue weighted by Crippen LogP contribution is 2.25. The molecule has 0 saturated carbocycles. The minimum Gasteiger partial charge on any atom is -0.481 e. The van der Waals surface area contributed by atoms with Crippen molar-refractivity contribution >= 4 is 17.5 Å². The molecule has 0 radical (unpaired) electrons. The number of imidazole rings is 1. The summed E-state index contributed by atoms with van der Waals surface area (Å²) in [6, 6.07) is 5.42. The van der Waals surface area contributed by atoms with Gasteiger partial charge in [0.05, 0.1) is 18.0 Å². The van der Waals surface area contributed by atoms with E-state index in [0.717, 1.165) is 5.65 Å². The number of fused-ring (bicyclic) bond motifs is 1. The van der Waals surface area contributed by atoms with Crippen LogP contribution in [0.2, 0.25) is 0 Å². The maximum absolute atomic E-state index is 12.4. The molecule has 1 N–H and O–H groups in total. The van der Waals surface area contributed by atoms with Gasteiger partial charge in [0.1, 0.15) is 5.65 Å². The topological polar surface area (TPSA) is 74.9 Å². The van der Waals surface area contributed by atoms with Crippen molar-refractivity contribution in [3.8, 4) is 0 Å². The van der Waals surface area contributed by atoms with Crippen LogP contribution in [-0.2, 0) is 16.0 Å². The number of amides is 1. The van der Waals surface area contributed by atoms with Crippen LogP contribution < -0.4 is 0 Å². The molecule has 21 heavy (non-hydrogen) atoms. The van der Waals surface area contributed by atoms with Crippen LogP contribution in [0.1, 0.15) is 19.0 Å². The Hall–Kier alpha value is -2.37. The second kappa shape index (κ2) is 5.20. The maximum Gasteiger partial charge on any atom is 0.308 e. The number of nitrogens with zero attached hydrogens (tertiary/aromatic N) is 3. The number of hydrogen-bond donors (Lipinski definition) is 1. The van der Waals surface area contributed by atoms with Gasteiger partial charge in [-0.25, -0.2) is 4.98 Å². The Bertz CT molecular complexity index is 661. The van der Waals surface area contributed by atoms with Gasteiger partial charge in [-0.05, 0) is 25.5 Å². The number of hydrogen-bond acceptors (Lipinski definition) is 3. The summed E-state index contributed by atoms with van der Waals surface area (Å²) in [5.41, 5.74) is 1.51. The number of aromatic nitrogens is 2. The zero-order valence-electron chi connectivity index (χ0n) is 11.8. The number of likely N-dealkylation sites (tertiary alicyclic amines) is 1. The molecular formula is C15H17N3O3. The largest absolute Gasteiger partial charge is 0.481 e. The third kappa shape index (κ3) is 2.49. The number of rotatable bonds is 3. The van der Waals surface area contributed by atoms with Gasteiger partial charge >= 0.3 is 5.97 Å². The van der Waals surface area contributed by atoms with Crippen LogP contribution in [0.3, 0.4) is 0 Å². The Morgan fingerprint density at radius 3 is 2.90 bits per heavy atom. The molecule has 3 heterocycles. The van der Waals surface area contributed by atoms with Crippen molar-refractivity contribution in [2.24, 2.45) is 5.92 Å². The van der Waals surface area contributed by atoms with Gasteiger partial charge in [0.25, 0.3) is 0 Å². The molecule has 2 unspecified atom stereocenters. The first-order chi connectivity index (χ1) is 10.1. The predicted molar refractivity (Wildman–Crippen MR) is 75.8 cm³/mol. The molecule has 1 aliphatic rings. The predicted octanol–water partition coefficient (Wildman–Crippen LogP) is 1.20. The first kappa shape index (κ1) is 13.6. The average Bonchev–Trinajstić information content (AvgIpc) is 3.01. The normalized spacial score (nSPS) is 21.9. The minimum absolute atomic E-state index is 0.0605. The van der Waals surface area contributed by atoms with Gasteiger partial charge in [0.15, 0.2) is 0 Å². The van der Waals surface area contributed by atoms with E-state index >= 15 is 0 Å². The lowest BCUT2D eigenvalue weighted by atomic mass is 10.0. The highest BCUT2D eigenvalue weighted by Gasteiger charge is 2.37. The van der Waals surface area contributed by atoms with E-state index in [-0.39, 0.29) is 18.4 Å². The summed E-state index contributed by atoms with van der Waals surface area (Å²) in [6.07, 6.45) is 4.45. The third-order valence-electron chi connectivity index (χ3n) is 4.14. The molecule has 0 aliphatic carbocycles. The van der Waals surface area contributed by atoms with E-state index in [4.69, 9.17) is 5.11 Å². The SMILES string of the molecule is CC1C(C(=O)O)CCN1C(=O)Cc1cn2ccccc2n1. The molecule has 3 rings (SSSR count). The van der Waals surface area contributed by atoms with Crippen LogP contribution in [0, 0.1) is 5.92 Å². The zero-order valence-corrected chi connectivity index (χ0v) is 11.8. The Balaban J connectivity index is 1.73. The smallest absolute Gasteiger partial charge is 0.308 e. The molecule has 0 bridgehead atoms. The molecule has 2 atom stereocenters. The van der Waals surface area contributed by atoms with E-state index in [0.29, 0.717) is 18.7 Å². The Labute approximate surface area is 122 Å². The standard InChI is InChI=1S/C15H17N3O3/c1-10-12(15(20)21)5-7-18(10)14(19)8-11-9-17-6-3-2-4-13(17)16-11/h2-4,6,9-10,12H,5,7-8H2,1H3,(H,20,21). The van der Waals surface area contributed by atoms with Crippen molar-refractivity contribution in [3.05, 3.63) is 36.3 Å². The van der Waals surface area contributed by atoms with Crippen LogP contribution in [0.5, 0.6) is 0 Å². The first-order valence-electron chi connectivity index (χ1n) is 7.01. The molecule has 2 aromatic heterocycles. The number of carbonyl (C=O) groups excluding carboxylic acids is 1. The number of carbonyl (C=O) groups is 2. The maximum atomic E-state index is 12.4. The van der Waals surface area contributed by atoms with E-state index in [1.807, 2.05) is 35.0 Å². The van der Waals surface area contributed by atoms with E-state index in [2.05, 4.69) is 4.98 Å². The van der Waals surface area contributed by atoms with E-state index in [1.54, 1.807) is 11.8 Å². The van der Waals surface area contributed by atoms with E-state index in [9.17, 15) is 9.59 Å². The van der Waals surface area contributed by atoms with Crippen LogP contribution >= 0.6 is 0 Å². The number of aliphatic carboxylic acids is 1. The summed E-state index contributed by atoms with van der Waals surface area (Å²) in [5, 5.41) is 9.11. The molecule has 2 aromatic rings. The Morgan fingerprint density at radius 1 is 1.43 bits per heavy atom. The van der Waals surface area contributed by atoms with Crippen LogP contribution in [0.25, 0.3) is 5.65 Å². The summed E-state index contributed by atoms with van der Waals surface area (Å²) in [4.78, 5) is 29.5. The lowest BCUT2D eigenvalue weighted by Crippen LogP contribution is -2.38. The summed E-state index contributed by atoms with van der Waals surface area (Å²) in [6.45, 7) is 2.30. The molecular weight excluding hydrogens is 270 g/mol. The minimum atomic E-state index is -0.828. The molecule has 110 valence electrons. The van der Waals surface area contributed by atoms with Crippen LogP contribution in [-0.4, -0.2) is 43.9 Å². The lowest BCUT2D eigenvalue weighted by molar-refractivity contribution is -0.143. The highest BCUT2D eigenvalue weighted by atomic mass is 16.4. The summed E-state index contributed by atoms with van der Waals surface area (Å²) < 4.78 is 1.87. The molecule has 1 saturated heterocycles. The van der Waals surface area contributed by atoms with Crippen LogP contribution in [0.15, 0.2) is 30.6 Å². The van der Waals surface area contributed by atoms with Gasteiger partial charge in [-0.3, -0.25) is 9.59 Å². The molecule has 0 aromatic carbocycles.